The molecule has 1 saturated carbocycles. The number of primary sulfonamides is 1. The maximum absolute atomic E-state index is 13.7. The number of carbonyl (C=O) groups excluding carboxylic acids is 3. The van der Waals surface area contributed by atoms with Gasteiger partial charge in [-0.3, -0.25) is 14.6 Å². The summed E-state index contributed by atoms with van der Waals surface area (Å²) in [5.41, 5.74) is 4.00. The molecule has 49 heavy (non-hydrogen) atoms. The maximum Gasteiger partial charge on any atom is 0.407 e. The average molecular weight is 690 g/mol. The topological polar surface area (TPSA) is 169 Å². The van der Waals surface area contributed by atoms with E-state index in [9.17, 15) is 22.8 Å². The van der Waals surface area contributed by atoms with Gasteiger partial charge in [0.15, 0.2) is 0 Å². The quantitative estimate of drug-likeness (QED) is 0.196. The molecule has 1 atom stereocenters. The van der Waals surface area contributed by atoms with Crippen LogP contribution in [-0.2, 0) is 30.8 Å². The van der Waals surface area contributed by atoms with Crippen molar-refractivity contribution in [3.63, 3.8) is 0 Å². The SMILES string of the molecule is CN=C(C)c1ccc(NC(=O)[C@H](Cc2cccc(-c3cccc(S(N)(=O)=O)c3)c2)NC(=O)C2CCC(CNC(=O)OC(C)(C)C)CC2)cc1. The molecule has 0 saturated heterocycles. The summed E-state index contributed by atoms with van der Waals surface area (Å²) >= 11 is 0. The largest absolute Gasteiger partial charge is 0.444 e. The van der Waals surface area contributed by atoms with E-state index >= 15 is 0 Å². The van der Waals surface area contributed by atoms with Crippen molar-refractivity contribution in [2.24, 2.45) is 22.0 Å². The predicted molar refractivity (Wildman–Crippen MR) is 192 cm³/mol. The Kier molecular flexibility index (Phi) is 12.3. The molecule has 11 nitrogen and oxygen atoms in total. The van der Waals surface area contributed by atoms with Crippen LogP contribution in [0.15, 0.2) is 82.7 Å². The van der Waals surface area contributed by atoms with Gasteiger partial charge in [0.25, 0.3) is 0 Å². The molecule has 0 bridgehead atoms. The summed E-state index contributed by atoms with van der Waals surface area (Å²) in [4.78, 5) is 43.6. The van der Waals surface area contributed by atoms with Gasteiger partial charge in [0.2, 0.25) is 21.8 Å². The van der Waals surface area contributed by atoms with Crippen molar-refractivity contribution in [1.82, 2.24) is 10.6 Å². The van der Waals surface area contributed by atoms with E-state index in [0.29, 0.717) is 30.6 Å². The third-order valence-corrected chi connectivity index (χ3v) is 9.46. The first-order valence-corrected chi connectivity index (χ1v) is 18.0. The third kappa shape index (κ3) is 11.3. The van der Waals surface area contributed by atoms with Crippen molar-refractivity contribution in [3.05, 3.63) is 83.9 Å². The van der Waals surface area contributed by atoms with Crippen LogP contribution in [0.4, 0.5) is 10.5 Å². The Labute approximate surface area is 289 Å². The molecule has 1 aliphatic carbocycles. The number of amides is 3. The standard InChI is InChI=1S/C37H47N5O6S/c1-24(39-5)27-16-18-31(19-17-27)41-35(44)33(21-26-8-6-9-29(20-26)30-10-7-11-32(22-30)49(38,46)47)42-34(43)28-14-12-25(13-15-28)23-40-36(45)48-37(2,3)4/h6-11,16-20,22,25,28,33H,12-15,21,23H2,1-5H3,(H,40,45)(H,41,44)(H,42,43)(H2,38,46,47)/t25?,28?,33-/m0/s1. The fourth-order valence-corrected chi connectivity index (χ4v) is 6.35. The van der Waals surface area contributed by atoms with Crippen molar-refractivity contribution in [2.45, 2.75) is 76.3 Å². The van der Waals surface area contributed by atoms with Gasteiger partial charge in [0.05, 0.1) is 4.90 Å². The molecule has 12 heteroatoms. The van der Waals surface area contributed by atoms with Gasteiger partial charge in [0, 0.05) is 37.3 Å². The Balaban J connectivity index is 1.48. The van der Waals surface area contributed by atoms with Crippen LogP contribution in [0, 0.1) is 11.8 Å². The lowest BCUT2D eigenvalue weighted by molar-refractivity contribution is -0.130. The van der Waals surface area contributed by atoms with Crippen LogP contribution >= 0.6 is 0 Å². The number of anilines is 1. The van der Waals surface area contributed by atoms with Crippen LogP contribution in [-0.4, -0.2) is 57.3 Å². The number of hydrogen-bond donors (Lipinski definition) is 4. The van der Waals surface area contributed by atoms with E-state index < -0.39 is 27.8 Å². The summed E-state index contributed by atoms with van der Waals surface area (Å²) in [5, 5.41) is 14.1. The number of ether oxygens (including phenoxy) is 1. The van der Waals surface area contributed by atoms with E-state index in [2.05, 4.69) is 20.9 Å². The van der Waals surface area contributed by atoms with Gasteiger partial charge < -0.3 is 20.7 Å². The van der Waals surface area contributed by atoms with Gasteiger partial charge in [-0.1, -0.05) is 48.5 Å². The normalized spacial score (nSPS) is 17.5. The maximum atomic E-state index is 13.7. The summed E-state index contributed by atoms with van der Waals surface area (Å²) in [5.74, 6) is -0.592. The number of aliphatic imine (C=N–C) groups is 1. The second-order valence-electron chi connectivity index (χ2n) is 13.5. The molecule has 3 aromatic carbocycles. The van der Waals surface area contributed by atoms with E-state index in [1.807, 2.05) is 64.1 Å². The summed E-state index contributed by atoms with van der Waals surface area (Å²) in [7, 11) is -2.17. The molecule has 1 aliphatic rings. The Morgan fingerprint density at radius 1 is 0.939 bits per heavy atom. The van der Waals surface area contributed by atoms with E-state index in [-0.39, 0.29) is 35.0 Å². The van der Waals surface area contributed by atoms with E-state index in [0.717, 1.165) is 35.2 Å². The molecule has 0 aliphatic heterocycles. The van der Waals surface area contributed by atoms with Crippen LogP contribution in [0.3, 0.4) is 0 Å². The molecule has 4 rings (SSSR count). The number of nitrogens with two attached hydrogens (primary N) is 1. The fraction of sp³-hybridized carbons (Fsp3) is 0.405. The molecule has 0 unspecified atom stereocenters. The molecule has 0 aromatic heterocycles. The molecular formula is C37H47N5O6S. The summed E-state index contributed by atoms with van der Waals surface area (Å²) in [6.07, 6.45) is 2.54. The van der Waals surface area contributed by atoms with Crippen LogP contribution in [0.5, 0.6) is 0 Å². The zero-order chi connectivity index (χ0) is 35.8. The smallest absolute Gasteiger partial charge is 0.407 e. The molecule has 262 valence electrons. The summed E-state index contributed by atoms with van der Waals surface area (Å²) < 4.78 is 29.2. The minimum Gasteiger partial charge on any atom is -0.444 e. The molecule has 0 radical (unpaired) electrons. The van der Waals surface area contributed by atoms with Gasteiger partial charge in [-0.05, 0) is 106 Å². The van der Waals surface area contributed by atoms with Crippen LogP contribution in [0.25, 0.3) is 11.1 Å². The van der Waals surface area contributed by atoms with Gasteiger partial charge in [-0.25, -0.2) is 18.4 Å². The third-order valence-electron chi connectivity index (χ3n) is 8.55. The highest BCUT2D eigenvalue weighted by Gasteiger charge is 2.30. The van der Waals surface area contributed by atoms with Gasteiger partial charge >= 0.3 is 6.09 Å². The van der Waals surface area contributed by atoms with Crippen molar-refractivity contribution in [1.29, 1.82) is 0 Å². The number of rotatable bonds is 11. The first kappa shape index (κ1) is 37.3. The van der Waals surface area contributed by atoms with Gasteiger partial charge in [0.1, 0.15) is 11.6 Å². The first-order valence-electron chi connectivity index (χ1n) is 16.5. The zero-order valence-corrected chi connectivity index (χ0v) is 29.6. The number of nitrogens with one attached hydrogen (secondary N) is 3. The van der Waals surface area contributed by atoms with Gasteiger partial charge in [-0.2, -0.15) is 0 Å². The van der Waals surface area contributed by atoms with E-state index in [1.165, 1.54) is 12.1 Å². The Morgan fingerprint density at radius 3 is 2.18 bits per heavy atom. The lowest BCUT2D eigenvalue weighted by atomic mass is 9.81. The monoisotopic (exact) mass is 689 g/mol. The number of benzene rings is 3. The van der Waals surface area contributed by atoms with Crippen molar-refractivity contribution in [3.8, 4) is 11.1 Å². The molecule has 5 N–H and O–H groups in total. The van der Waals surface area contributed by atoms with Crippen LogP contribution in [0.1, 0.15) is 64.5 Å². The highest BCUT2D eigenvalue weighted by Crippen LogP contribution is 2.29. The van der Waals surface area contributed by atoms with Crippen molar-refractivity contribution in [2.75, 3.05) is 18.9 Å². The lowest BCUT2D eigenvalue weighted by Gasteiger charge is -2.29. The highest BCUT2D eigenvalue weighted by molar-refractivity contribution is 7.89. The molecule has 0 spiro atoms. The van der Waals surface area contributed by atoms with E-state index in [4.69, 9.17) is 9.88 Å². The van der Waals surface area contributed by atoms with Gasteiger partial charge in [-0.15, -0.1) is 0 Å². The second-order valence-corrected chi connectivity index (χ2v) is 15.1. The molecule has 3 aromatic rings. The Hall–Kier alpha value is -4.55. The van der Waals surface area contributed by atoms with Crippen LogP contribution in [0.2, 0.25) is 0 Å². The van der Waals surface area contributed by atoms with Crippen LogP contribution < -0.4 is 21.1 Å². The second kappa shape index (κ2) is 16.2. The Morgan fingerprint density at radius 2 is 1.57 bits per heavy atom. The average Bonchev–Trinajstić information content (AvgIpc) is 3.06. The molecule has 0 heterocycles. The highest BCUT2D eigenvalue weighted by atomic mass is 32.2. The first-order chi connectivity index (χ1) is 23.1. The minimum atomic E-state index is -3.89. The predicted octanol–water partition coefficient (Wildman–Crippen LogP) is 5.44. The number of nitrogens with zero attached hydrogens (tertiary/aromatic N) is 1. The summed E-state index contributed by atoms with van der Waals surface area (Å²) in [6, 6.07) is 20.2. The number of carbonyl (C=O) groups is 3. The molecule has 1 fully saturated rings. The van der Waals surface area contributed by atoms with Crippen molar-refractivity contribution >= 4 is 39.3 Å². The molecule has 3 amide bonds. The molecular weight excluding hydrogens is 643 g/mol. The number of sulfonamides is 1. The van der Waals surface area contributed by atoms with Crippen molar-refractivity contribution < 1.29 is 27.5 Å². The zero-order valence-electron chi connectivity index (χ0n) is 28.8. The van der Waals surface area contributed by atoms with E-state index in [1.54, 1.807) is 31.3 Å². The lowest BCUT2D eigenvalue weighted by Crippen LogP contribution is -2.48. The minimum absolute atomic E-state index is 0.00156. The fourth-order valence-electron chi connectivity index (χ4n) is 5.79. The summed E-state index contributed by atoms with van der Waals surface area (Å²) in [6.45, 7) is 7.83. The number of alkyl carbamates (subject to hydrolysis) is 1. The Bertz CT molecular complexity index is 1780. The number of hydrogen-bond acceptors (Lipinski definition) is 7.